The van der Waals surface area contributed by atoms with Crippen molar-refractivity contribution >= 4 is 3.21 Å². The van der Waals surface area contributed by atoms with Gasteiger partial charge >= 0.3 is 41.3 Å². The number of rotatable bonds is 0. The fourth-order valence-electron chi connectivity index (χ4n) is 3.20. The number of phenols is 2. The van der Waals surface area contributed by atoms with E-state index in [0.717, 1.165) is 6.42 Å². The van der Waals surface area contributed by atoms with Crippen molar-refractivity contribution in [3.8, 4) is 22.6 Å². The van der Waals surface area contributed by atoms with Gasteiger partial charge in [0, 0.05) is 0 Å². The molecule has 0 amide bonds. The molecule has 0 saturated carbocycles. The van der Waals surface area contributed by atoms with Crippen LogP contribution in [-0.4, -0.2) is 13.4 Å². The summed E-state index contributed by atoms with van der Waals surface area (Å²) in [5, 5.41) is 17.2. The molecule has 5 heteroatoms. The van der Waals surface area contributed by atoms with Gasteiger partial charge in [0.05, 0.1) is 0 Å². The Bertz CT molecular complexity index is 1200. The minimum atomic E-state index is -0.331. The van der Waals surface area contributed by atoms with E-state index in [0.29, 0.717) is 0 Å². The summed E-state index contributed by atoms with van der Waals surface area (Å²) in [5.41, 5.74) is 5.51. The number of hydrogen-bond acceptors (Lipinski definition) is 2. The Morgan fingerprint density at radius 2 is 1.18 bits per heavy atom. The van der Waals surface area contributed by atoms with Gasteiger partial charge in [0.1, 0.15) is 23.1 Å². The van der Waals surface area contributed by atoms with E-state index in [1.165, 1.54) is 74.0 Å². The van der Waals surface area contributed by atoms with Crippen LogP contribution in [0, 0.1) is 17.7 Å². The second kappa shape index (κ2) is 17.0. The molecule has 0 atom stereocenters. The number of phenolic OH excluding ortho intramolecular Hbond substituents is 2. The molecule has 0 aromatic heterocycles. The molecule has 0 bridgehead atoms. The first-order valence-electron chi connectivity index (χ1n) is 11.9. The first-order chi connectivity index (χ1) is 18.3. The van der Waals surface area contributed by atoms with E-state index in [1.54, 1.807) is 24.2 Å². The fraction of sp³-hybridized carbons (Fsp3) is 0.0909. The van der Waals surface area contributed by atoms with Crippen molar-refractivity contribution in [3.05, 3.63) is 150 Å². The van der Waals surface area contributed by atoms with Gasteiger partial charge in [-0.05, 0) is 55.0 Å². The molecule has 2 N–H and O–H groups in total. The molecule has 0 spiro atoms. The van der Waals surface area contributed by atoms with Gasteiger partial charge in [0.15, 0.2) is 0 Å². The van der Waals surface area contributed by atoms with Crippen LogP contribution >= 0.6 is 0 Å². The molecule has 0 radical (unpaired) electrons. The summed E-state index contributed by atoms with van der Waals surface area (Å²) >= 11 is 1.55. The van der Waals surface area contributed by atoms with Crippen molar-refractivity contribution in [1.29, 1.82) is 0 Å². The van der Waals surface area contributed by atoms with E-state index < -0.39 is 0 Å². The quantitative estimate of drug-likeness (QED) is 0.176. The second-order valence-electron chi connectivity index (χ2n) is 8.31. The molecule has 0 unspecified atom stereocenters. The van der Waals surface area contributed by atoms with E-state index in [2.05, 4.69) is 56.3 Å². The summed E-state index contributed by atoms with van der Waals surface area (Å²) in [6, 6.07) is 38.1. The van der Waals surface area contributed by atoms with Gasteiger partial charge in [-0.25, -0.2) is 20.9 Å². The van der Waals surface area contributed by atoms with Crippen molar-refractivity contribution in [2.24, 2.45) is 0 Å². The molecule has 192 valence electrons. The third-order valence-electron chi connectivity index (χ3n) is 4.83. The minimum absolute atomic E-state index is 0.0893. The minimum Gasteiger partial charge on any atom is -0.508 e. The fourth-order valence-corrected chi connectivity index (χ4v) is 3.20. The maximum Gasteiger partial charge on any atom is 0.123 e. The first-order valence-corrected chi connectivity index (χ1v) is 13.1. The maximum atomic E-state index is 12.0. The average Bonchev–Trinajstić information content (AvgIpc) is 3.60. The van der Waals surface area contributed by atoms with Crippen LogP contribution in [0.4, 0.5) is 8.78 Å². The van der Waals surface area contributed by atoms with Crippen molar-refractivity contribution in [1.82, 2.24) is 0 Å². The predicted molar refractivity (Wildman–Crippen MR) is 148 cm³/mol. The zero-order chi connectivity index (χ0) is 27.8. The number of aromatic hydroxyl groups is 2. The summed E-state index contributed by atoms with van der Waals surface area (Å²) in [6.45, 7) is 4.25. The maximum absolute atomic E-state index is 12.0. The van der Waals surface area contributed by atoms with Crippen LogP contribution in [-0.2, 0) is 30.7 Å². The molecule has 2 nitrogen and oxygen atoms in total. The summed E-state index contributed by atoms with van der Waals surface area (Å²) in [7, 11) is 0. The van der Waals surface area contributed by atoms with Gasteiger partial charge in [-0.2, -0.15) is 48.0 Å². The number of fused-ring (bicyclic) bond motifs is 3. The summed E-state index contributed by atoms with van der Waals surface area (Å²) < 4.78 is 25.5. The normalized spacial score (nSPS) is 9.84. The van der Waals surface area contributed by atoms with Crippen LogP contribution < -0.4 is 0 Å². The molecule has 1 aliphatic carbocycles. The zero-order valence-corrected chi connectivity index (χ0v) is 23.9. The molecule has 0 heterocycles. The van der Waals surface area contributed by atoms with Crippen LogP contribution in [0.15, 0.2) is 121 Å². The van der Waals surface area contributed by atoms with Crippen LogP contribution in [0.25, 0.3) is 11.1 Å². The van der Waals surface area contributed by atoms with E-state index in [1.807, 2.05) is 36.4 Å². The Balaban J connectivity index is 0.000000179. The van der Waals surface area contributed by atoms with E-state index >= 15 is 0 Å². The Morgan fingerprint density at radius 1 is 0.711 bits per heavy atom. The number of halogens is 2. The number of hydrogen-bond donors (Lipinski definition) is 2. The van der Waals surface area contributed by atoms with Crippen LogP contribution in [0.1, 0.15) is 25.0 Å². The van der Waals surface area contributed by atoms with Gasteiger partial charge in [0.25, 0.3) is 0 Å². The molecule has 0 saturated heterocycles. The molecule has 6 rings (SSSR count). The van der Waals surface area contributed by atoms with Gasteiger partial charge in [-0.3, -0.25) is 0 Å². The Labute approximate surface area is 238 Å². The Hall–Kier alpha value is -3.56. The third kappa shape index (κ3) is 12.1. The second-order valence-corrected chi connectivity index (χ2v) is 10.8. The topological polar surface area (TPSA) is 40.5 Å². The van der Waals surface area contributed by atoms with Gasteiger partial charge in [-0.1, -0.05) is 35.4 Å². The van der Waals surface area contributed by atoms with Crippen LogP contribution in [0.2, 0.25) is 0 Å². The predicted octanol–water partition coefficient (Wildman–Crippen LogP) is 8.27. The van der Waals surface area contributed by atoms with E-state index in [4.69, 9.17) is 10.2 Å². The van der Waals surface area contributed by atoms with Crippen molar-refractivity contribution < 1.29 is 43.2 Å². The van der Waals surface area contributed by atoms with Crippen molar-refractivity contribution in [2.45, 2.75) is 20.3 Å². The standard InChI is InChI=1S/C13H9.2C6H5FO.C5H5.C3H6.Zr/c1-3-7-12-10(5-1)9-11-6-2-4-8-13(11)12;2*7-5-1-3-6(8)4-2-5;1-2-4-5-3-1;1-3-2;/h1-5,7-8H,9H2;2*1-4,8H;1-5H;1-2H3;/q-1;;;-1;;+2. The van der Waals surface area contributed by atoms with E-state index in [9.17, 15) is 8.78 Å². The molecular weight excluding hydrogens is 558 g/mol. The molecule has 0 aliphatic heterocycles. The van der Waals surface area contributed by atoms with Gasteiger partial charge in [-0.15, -0.1) is 5.56 Å². The smallest absolute Gasteiger partial charge is 0.123 e. The molecule has 1 aliphatic rings. The molecule has 5 aromatic rings. The van der Waals surface area contributed by atoms with Crippen LogP contribution in [0.5, 0.6) is 11.5 Å². The summed E-state index contributed by atoms with van der Waals surface area (Å²) in [4.78, 5) is 0. The van der Waals surface area contributed by atoms with Crippen molar-refractivity contribution in [3.63, 3.8) is 0 Å². The zero-order valence-electron chi connectivity index (χ0n) is 21.4. The van der Waals surface area contributed by atoms with Crippen LogP contribution in [0.3, 0.4) is 0 Å². The molecular formula is C33H30F2O2Zr. The summed E-state index contributed by atoms with van der Waals surface area (Å²) in [6.07, 6.45) is 1.05. The van der Waals surface area contributed by atoms with Crippen molar-refractivity contribution in [2.75, 3.05) is 0 Å². The number of benzene rings is 4. The van der Waals surface area contributed by atoms with E-state index in [-0.39, 0.29) is 23.1 Å². The monoisotopic (exact) mass is 586 g/mol. The SMILES string of the molecule is C[C](C)=[Zr+2].Oc1ccc(F)cc1.Oc1ccc(F)cc1.[c-]1cccc2c1Cc1ccccc1-2.c1cc[cH-]c1. The molecule has 38 heavy (non-hydrogen) atoms. The molecule has 0 fully saturated rings. The first kappa shape index (κ1) is 30.7. The third-order valence-corrected chi connectivity index (χ3v) is 4.83. The van der Waals surface area contributed by atoms with Gasteiger partial charge in [0.2, 0.25) is 0 Å². The Kier molecular flexibility index (Phi) is 13.8. The largest absolute Gasteiger partial charge is 0.508 e. The summed E-state index contributed by atoms with van der Waals surface area (Å²) in [5.74, 6) is -0.483. The average molecular weight is 588 g/mol. The Morgan fingerprint density at radius 3 is 1.63 bits per heavy atom. The molecule has 5 aromatic carbocycles. The van der Waals surface area contributed by atoms with Gasteiger partial charge < -0.3 is 10.2 Å².